The van der Waals surface area contributed by atoms with Crippen LogP contribution >= 0.6 is 34.8 Å². The molecule has 1 aromatic rings. The minimum atomic E-state index is -3.86. The van der Waals surface area contributed by atoms with Crippen molar-refractivity contribution < 1.29 is 13.2 Å². The van der Waals surface area contributed by atoms with Gasteiger partial charge in [-0.25, -0.2) is 13.6 Å². The monoisotopic (exact) mass is 329 g/mol. The van der Waals surface area contributed by atoms with Crippen molar-refractivity contribution in [1.29, 1.82) is 0 Å². The van der Waals surface area contributed by atoms with E-state index < -0.39 is 10.0 Å². The molecule has 0 unspecified atom stereocenters. The maximum absolute atomic E-state index is 11.2. The third-order valence-electron chi connectivity index (χ3n) is 1.93. The molecule has 0 amide bonds. The van der Waals surface area contributed by atoms with E-state index in [1.807, 2.05) is 0 Å². The van der Waals surface area contributed by atoms with Crippen LogP contribution in [0.2, 0.25) is 10.0 Å². The first-order valence-corrected chi connectivity index (χ1v) is 7.40. The van der Waals surface area contributed by atoms with Gasteiger partial charge in [-0.05, 0) is 24.6 Å². The van der Waals surface area contributed by atoms with E-state index in [1.54, 1.807) is 6.92 Å². The van der Waals surface area contributed by atoms with Gasteiger partial charge in [0.25, 0.3) is 0 Å². The minimum Gasteiger partial charge on any atom is -0.486 e. The molecule has 0 aliphatic heterocycles. The molecule has 0 bridgehead atoms. The highest BCUT2D eigenvalue weighted by atomic mass is 35.5. The molecule has 0 radical (unpaired) electrons. The van der Waals surface area contributed by atoms with Crippen LogP contribution in [0.3, 0.4) is 0 Å². The van der Waals surface area contributed by atoms with E-state index in [9.17, 15) is 8.42 Å². The number of nitrogens with two attached hydrogens (primary N) is 1. The first kappa shape index (κ1) is 15.6. The molecule has 2 N–H and O–H groups in total. The summed E-state index contributed by atoms with van der Waals surface area (Å²) in [6.45, 7) is 1.95. The highest BCUT2D eigenvalue weighted by Gasteiger charge is 2.15. The Morgan fingerprint density at radius 3 is 2.28 bits per heavy atom. The van der Waals surface area contributed by atoms with Gasteiger partial charge in [0.2, 0.25) is 10.0 Å². The van der Waals surface area contributed by atoms with Crippen LogP contribution in [0.15, 0.2) is 28.1 Å². The van der Waals surface area contributed by atoms with Gasteiger partial charge >= 0.3 is 0 Å². The van der Waals surface area contributed by atoms with Crippen molar-refractivity contribution in [3.05, 3.63) is 33.3 Å². The summed E-state index contributed by atoms with van der Waals surface area (Å²) in [4.78, 5) is -0.172. The summed E-state index contributed by atoms with van der Waals surface area (Å²) in [6.07, 6.45) is 0. The zero-order chi connectivity index (χ0) is 13.9. The maximum Gasteiger partial charge on any atom is 0.238 e. The summed E-state index contributed by atoms with van der Waals surface area (Å²) in [5.74, 6) is 0.184. The number of ether oxygens (including phenoxy) is 1. The summed E-state index contributed by atoms with van der Waals surface area (Å²) < 4.78 is 27.6. The third-order valence-corrected chi connectivity index (χ3v) is 3.76. The first-order chi connectivity index (χ1) is 8.25. The third kappa shape index (κ3) is 4.03. The fourth-order valence-electron chi connectivity index (χ4n) is 1.06. The van der Waals surface area contributed by atoms with Crippen molar-refractivity contribution >= 4 is 44.8 Å². The van der Waals surface area contributed by atoms with E-state index in [0.717, 1.165) is 5.57 Å². The number of sulfonamides is 1. The molecule has 0 spiro atoms. The molecular weight excluding hydrogens is 321 g/mol. The smallest absolute Gasteiger partial charge is 0.238 e. The van der Waals surface area contributed by atoms with Crippen LogP contribution < -0.4 is 9.88 Å². The Labute approximate surface area is 120 Å². The van der Waals surface area contributed by atoms with E-state index in [1.165, 1.54) is 17.7 Å². The van der Waals surface area contributed by atoms with Crippen LogP contribution in [-0.4, -0.2) is 15.0 Å². The van der Waals surface area contributed by atoms with Gasteiger partial charge < -0.3 is 4.74 Å². The zero-order valence-corrected chi connectivity index (χ0v) is 12.4. The Bertz CT molecular complexity index is 561. The van der Waals surface area contributed by atoms with Crippen LogP contribution in [0.25, 0.3) is 0 Å². The second-order valence-electron chi connectivity index (χ2n) is 3.51. The van der Waals surface area contributed by atoms with Crippen LogP contribution in [0, 0.1) is 0 Å². The lowest BCUT2D eigenvalue weighted by atomic mass is 10.3. The Morgan fingerprint density at radius 2 is 1.89 bits per heavy atom. The molecule has 100 valence electrons. The molecule has 8 heteroatoms. The highest BCUT2D eigenvalue weighted by molar-refractivity contribution is 7.89. The van der Waals surface area contributed by atoms with Crippen LogP contribution in [0.5, 0.6) is 5.75 Å². The average Bonchev–Trinajstić information content (AvgIpc) is 2.26. The van der Waals surface area contributed by atoms with E-state index >= 15 is 0 Å². The number of benzene rings is 1. The van der Waals surface area contributed by atoms with E-state index in [-0.39, 0.29) is 27.3 Å². The van der Waals surface area contributed by atoms with Crippen LogP contribution in [0.1, 0.15) is 6.92 Å². The fourth-order valence-corrected chi connectivity index (χ4v) is 2.41. The Hall–Kier alpha value is -0.460. The number of hydrogen-bond acceptors (Lipinski definition) is 3. The predicted molar refractivity (Wildman–Crippen MR) is 72.9 cm³/mol. The van der Waals surface area contributed by atoms with Gasteiger partial charge in [0.05, 0.1) is 14.9 Å². The zero-order valence-electron chi connectivity index (χ0n) is 9.28. The maximum atomic E-state index is 11.2. The Kier molecular flexibility index (Phi) is 5.31. The summed E-state index contributed by atoms with van der Waals surface area (Å²) in [5, 5.41) is 5.10. The van der Waals surface area contributed by atoms with Gasteiger partial charge in [0.1, 0.15) is 6.61 Å². The lowest BCUT2D eigenvalue weighted by Crippen LogP contribution is -2.12. The topological polar surface area (TPSA) is 69.4 Å². The molecule has 18 heavy (non-hydrogen) atoms. The van der Waals surface area contributed by atoms with Gasteiger partial charge in [-0.1, -0.05) is 34.8 Å². The quantitative estimate of drug-likeness (QED) is 0.922. The van der Waals surface area contributed by atoms with Crippen molar-refractivity contribution in [2.45, 2.75) is 11.8 Å². The summed E-state index contributed by atoms with van der Waals surface area (Å²) in [5.41, 5.74) is 2.12. The fraction of sp³-hybridized carbons (Fsp3) is 0.200. The normalized spacial score (nSPS) is 12.6. The predicted octanol–water partition coefficient (Wildman–Crippen LogP) is 3.16. The molecule has 0 heterocycles. The molecule has 0 atom stereocenters. The first-order valence-electron chi connectivity index (χ1n) is 4.66. The molecule has 0 aliphatic rings. The number of halogens is 3. The van der Waals surface area contributed by atoms with E-state index in [2.05, 4.69) is 0 Å². The molecule has 0 saturated carbocycles. The average molecular weight is 331 g/mol. The van der Waals surface area contributed by atoms with Gasteiger partial charge in [0.15, 0.2) is 5.75 Å². The second kappa shape index (κ2) is 6.12. The van der Waals surface area contributed by atoms with Gasteiger partial charge in [-0.3, -0.25) is 0 Å². The molecule has 0 fully saturated rings. The largest absolute Gasteiger partial charge is 0.486 e. The number of rotatable bonds is 4. The second-order valence-corrected chi connectivity index (χ2v) is 6.10. The van der Waals surface area contributed by atoms with E-state index in [0.29, 0.717) is 0 Å². The molecule has 1 aromatic carbocycles. The summed E-state index contributed by atoms with van der Waals surface area (Å²) >= 11 is 17.2. The Morgan fingerprint density at radius 1 is 1.39 bits per heavy atom. The number of primary sulfonamides is 1. The Balaban J connectivity index is 3.10. The van der Waals surface area contributed by atoms with E-state index in [4.69, 9.17) is 44.7 Å². The SMILES string of the molecule is CC(=CCl)COc1c(Cl)cc(S(N)(=O)=O)cc1Cl. The van der Waals surface area contributed by atoms with Crippen LogP contribution in [-0.2, 0) is 10.0 Å². The van der Waals surface area contributed by atoms with Crippen molar-refractivity contribution in [2.75, 3.05) is 6.61 Å². The van der Waals surface area contributed by atoms with Crippen LogP contribution in [0.4, 0.5) is 0 Å². The van der Waals surface area contributed by atoms with Crippen molar-refractivity contribution in [2.24, 2.45) is 5.14 Å². The van der Waals surface area contributed by atoms with Crippen molar-refractivity contribution in [1.82, 2.24) is 0 Å². The van der Waals surface area contributed by atoms with Gasteiger partial charge in [-0.2, -0.15) is 0 Å². The summed E-state index contributed by atoms with van der Waals surface area (Å²) in [6, 6.07) is 2.36. The number of hydrogen-bond donors (Lipinski definition) is 1. The standard InChI is InChI=1S/C10H10Cl3NO3S/c1-6(4-11)5-17-10-8(12)2-7(3-9(10)13)18(14,15)16/h2-4H,5H2,1H3,(H2,14,15,16). The van der Waals surface area contributed by atoms with Crippen molar-refractivity contribution in [3.8, 4) is 5.75 Å². The lowest BCUT2D eigenvalue weighted by Gasteiger charge is -2.11. The molecular formula is C10H10Cl3NO3S. The molecule has 1 rings (SSSR count). The van der Waals surface area contributed by atoms with Crippen molar-refractivity contribution in [3.63, 3.8) is 0 Å². The van der Waals surface area contributed by atoms with Gasteiger partial charge in [-0.15, -0.1) is 0 Å². The molecule has 0 aromatic heterocycles. The molecule has 0 saturated heterocycles. The molecule has 4 nitrogen and oxygen atoms in total. The lowest BCUT2D eigenvalue weighted by molar-refractivity contribution is 0.352. The highest BCUT2D eigenvalue weighted by Crippen LogP contribution is 2.35. The minimum absolute atomic E-state index is 0.0638. The summed E-state index contributed by atoms with van der Waals surface area (Å²) in [7, 11) is -3.86. The molecule has 0 aliphatic carbocycles. The van der Waals surface area contributed by atoms with Gasteiger partial charge in [0, 0.05) is 5.54 Å².